The third-order valence-corrected chi connectivity index (χ3v) is 2.50. The standard InChI is InChI=1S/C11H10F3N3O/c1-2-7-9(18-17-10(7)15)8-4-3-6(5-16-8)11(12,13)14/h3-5H,2H2,1H3,(H2,15,17). The molecular weight excluding hydrogens is 247 g/mol. The average Bonchev–Trinajstić information content (AvgIpc) is 2.69. The van der Waals surface area contributed by atoms with Gasteiger partial charge in [-0.1, -0.05) is 12.1 Å². The van der Waals surface area contributed by atoms with E-state index >= 15 is 0 Å². The molecule has 2 N–H and O–H groups in total. The van der Waals surface area contributed by atoms with Crippen molar-refractivity contribution in [2.45, 2.75) is 19.5 Å². The maximum absolute atomic E-state index is 12.4. The van der Waals surface area contributed by atoms with Crippen LogP contribution in [0, 0.1) is 0 Å². The summed E-state index contributed by atoms with van der Waals surface area (Å²) in [5.74, 6) is 0.540. The van der Waals surface area contributed by atoms with Gasteiger partial charge < -0.3 is 10.3 Å². The quantitative estimate of drug-likeness (QED) is 0.898. The van der Waals surface area contributed by atoms with E-state index in [1.807, 2.05) is 6.92 Å². The minimum Gasteiger partial charge on any atom is -0.381 e. The van der Waals surface area contributed by atoms with Crippen LogP contribution in [-0.2, 0) is 12.6 Å². The third kappa shape index (κ3) is 2.15. The van der Waals surface area contributed by atoms with Gasteiger partial charge in [-0.15, -0.1) is 0 Å². The second-order valence-electron chi connectivity index (χ2n) is 3.66. The van der Waals surface area contributed by atoms with Gasteiger partial charge in [0.2, 0.25) is 0 Å². The molecule has 0 aromatic carbocycles. The Labute approximate surface area is 101 Å². The van der Waals surface area contributed by atoms with Gasteiger partial charge in [-0.05, 0) is 18.6 Å². The van der Waals surface area contributed by atoms with Gasteiger partial charge in [-0.2, -0.15) is 13.2 Å². The number of pyridine rings is 1. The molecule has 0 atom stereocenters. The molecule has 0 spiro atoms. The summed E-state index contributed by atoms with van der Waals surface area (Å²) in [5.41, 5.74) is 5.69. The summed E-state index contributed by atoms with van der Waals surface area (Å²) in [6.45, 7) is 1.84. The first-order valence-electron chi connectivity index (χ1n) is 5.21. The van der Waals surface area contributed by atoms with Crippen LogP contribution in [0.5, 0.6) is 0 Å². The SMILES string of the molecule is CCc1c(N)noc1-c1ccc(C(F)(F)F)cn1. The van der Waals surface area contributed by atoms with Crippen molar-refractivity contribution in [3.63, 3.8) is 0 Å². The molecule has 2 rings (SSSR count). The zero-order chi connectivity index (χ0) is 13.3. The normalized spacial score (nSPS) is 11.8. The molecule has 0 saturated carbocycles. The number of nitrogens with two attached hydrogens (primary N) is 1. The van der Waals surface area contributed by atoms with E-state index in [9.17, 15) is 13.2 Å². The molecule has 96 valence electrons. The number of anilines is 1. The van der Waals surface area contributed by atoms with Crippen LogP contribution in [0.25, 0.3) is 11.5 Å². The molecule has 0 bridgehead atoms. The van der Waals surface area contributed by atoms with Gasteiger partial charge in [0, 0.05) is 11.8 Å². The molecular formula is C11H10F3N3O. The minimum absolute atomic E-state index is 0.231. The van der Waals surface area contributed by atoms with E-state index in [2.05, 4.69) is 10.1 Å². The van der Waals surface area contributed by atoms with E-state index in [4.69, 9.17) is 10.3 Å². The number of hydrogen-bond donors (Lipinski definition) is 1. The number of nitrogen functional groups attached to an aromatic ring is 1. The molecule has 7 heteroatoms. The molecule has 18 heavy (non-hydrogen) atoms. The number of rotatable bonds is 2. The van der Waals surface area contributed by atoms with Crippen LogP contribution in [0.3, 0.4) is 0 Å². The van der Waals surface area contributed by atoms with Crippen molar-refractivity contribution in [2.24, 2.45) is 0 Å². The lowest BCUT2D eigenvalue weighted by molar-refractivity contribution is -0.137. The van der Waals surface area contributed by atoms with Gasteiger partial charge in [-0.25, -0.2) is 0 Å². The van der Waals surface area contributed by atoms with Gasteiger partial charge in [0.05, 0.1) is 5.56 Å². The number of hydrogen-bond acceptors (Lipinski definition) is 4. The van der Waals surface area contributed by atoms with E-state index in [1.165, 1.54) is 6.07 Å². The van der Waals surface area contributed by atoms with Gasteiger partial charge in [0.15, 0.2) is 11.6 Å². The summed E-state index contributed by atoms with van der Waals surface area (Å²) >= 11 is 0. The Bertz CT molecular complexity index is 546. The van der Waals surface area contributed by atoms with Crippen molar-refractivity contribution in [3.8, 4) is 11.5 Å². The third-order valence-electron chi connectivity index (χ3n) is 2.50. The topological polar surface area (TPSA) is 64.9 Å². The Kier molecular flexibility index (Phi) is 2.98. The molecule has 2 heterocycles. The van der Waals surface area contributed by atoms with Crippen molar-refractivity contribution in [1.29, 1.82) is 0 Å². The summed E-state index contributed by atoms with van der Waals surface area (Å²) in [6, 6.07) is 2.18. The highest BCUT2D eigenvalue weighted by molar-refractivity contribution is 5.62. The van der Waals surface area contributed by atoms with Crippen LogP contribution >= 0.6 is 0 Å². The molecule has 0 aliphatic rings. The lowest BCUT2D eigenvalue weighted by Crippen LogP contribution is -2.05. The predicted octanol–water partition coefficient (Wildman–Crippen LogP) is 2.90. The molecule has 0 fully saturated rings. The van der Waals surface area contributed by atoms with E-state index in [-0.39, 0.29) is 11.5 Å². The van der Waals surface area contributed by atoms with Gasteiger partial charge in [0.1, 0.15) is 5.69 Å². The van der Waals surface area contributed by atoms with Gasteiger partial charge in [0.25, 0.3) is 0 Å². The highest BCUT2D eigenvalue weighted by Gasteiger charge is 2.31. The molecule has 4 nitrogen and oxygen atoms in total. The fourth-order valence-electron chi connectivity index (χ4n) is 1.56. The Morgan fingerprint density at radius 3 is 2.56 bits per heavy atom. The fraction of sp³-hybridized carbons (Fsp3) is 0.273. The number of alkyl halides is 3. The molecule has 0 unspecified atom stereocenters. The van der Waals surface area contributed by atoms with Crippen LogP contribution in [0.1, 0.15) is 18.1 Å². The number of halogens is 3. The molecule has 0 saturated heterocycles. The second kappa shape index (κ2) is 4.32. The van der Waals surface area contributed by atoms with Crippen LogP contribution in [0.2, 0.25) is 0 Å². The van der Waals surface area contributed by atoms with Crippen molar-refractivity contribution in [1.82, 2.24) is 10.1 Å². The van der Waals surface area contributed by atoms with E-state index < -0.39 is 11.7 Å². The fourth-order valence-corrected chi connectivity index (χ4v) is 1.56. The Hall–Kier alpha value is -2.05. The highest BCUT2D eigenvalue weighted by atomic mass is 19.4. The zero-order valence-electron chi connectivity index (χ0n) is 9.45. The Balaban J connectivity index is 2.40. The molecule has 2 aromatic rings. The zero-order valence-corrected chi connectivity index (χ0v) is 9.45. The van der Waals surface area contributed by atoms with Crippen LogP contribution in [-0.4, -0.2) is 10.1 Å². The highest BCUT2D eigenvalue weighted by Crippen LogP contribution is 2.31. The first-order valence-corrected chi connectivity index (χ1v) is 5.21. The van der Waals surface area contributed by atoms with Gasteiger partial charge in [-0.3, -0.25) is 4.98 Å². The van der Waals surface area contributed by atoms with Gasteiger partial charge >= 0.3 is 6.18 Å². The largest absolute Gasteiger partial charge is 0.417 e. The average molecular weight is 257 g/mol. The second-order valence-corrected chi connectivity index (χ2v) is 3.66. The van der Waals surface area contributed by atoms with Crippen LogP contribution in [0.15, 0.2) is 22.9 Å². The summed E-state index contributed by atoms with van der Waals surface area (Å²) in [6.07, 6.45) is -3.08. The minimum atomic E-state index is -4.40. The monoisotopic (exact) mass is 257 g/mol. The van der Waals surface area contributed by atoms with E-state index in [0.29, 0.717) is 17.7 Å². The maximum Gasteiger partial charge on any atom is 0.417 e. The summed E-state index contributed by atoms with van der Waals surface area (Å²) in [7, 11) is 0. The lowest BCUT2D eigenvalue weighted by atomic mass is 10.1. The molecule has 0 amide bonds. The molecule has 0 aliphatic carbocycles. The molecule has 0 aliphatic heterocycles. The summed E-state index contributed by atoms with van der Waals surface area (Å²) in [4.78, 5) is 3.73. The van der Waals surface area contributed by atoms with Crippen molar-refractivity contribution in [3.05, 3.63) is 29.5 Å². The molecule has 2 aromatic heterocycles. The summed E-state index contributed by atoms with van der Waals surface area (Å²) < 4.78 is 42.1. The Morgan fingerprint density at radius 1 is 1.33 bits per heavy atom. The molecule has 0 radical (unpaired) electrons. The van der Waals surface area contributed by atoms with Crippen molar-refractivity contribution < 1.29 is 17.7 Å². The first-order chi connectivity index (χ1) is 8.43. The number of aromatic nitrogens is 2. The van der Waals surface area contributed by atoms with E-state index in [1.54, 1.807) is 0 Å². The first kappa shape index (κ1) is 12.4. The Morgan fingerprint density at radius 2 is 2.06 bits per heavy atom. The van der Waals surface area contributed by atoms with Crippen LogP contribution < -0.4 is 5.73 Å². The smallest absolute Gasteiger partial charge is 0.381 e. The number of nitrogens with zero attached hydrogens (tertiary/aromatic N) is 2. The van der Waals surface area contributed by atoms with Crippen LogP contribution in [0.4, 0.5) is 19.0 Å². The van der Waals surface area contributed by atoms with Crippen molar-refractivity contribution in [2.75, 3.05) is 5.73 Å². The summed E-state index contributed by atoms with van der Waals surface area (Å²) in [5, 5.41) is 3.58. The van der Waals surface area contributed by atoms with E-state index in [0.717, 1.165) is 12.3 Å². The maximum atomic E-state index is 12.4. The predicted molar refractivity (Wildman–Crippen MR) is 58.5 cm³/mol. The lowest BCUT2D eigenvalue weighted by Gasteiger charge is -2.06. The van der Waals surface area contributed by atoms with Crippen molar-refractivity contribution >= 4 is 5.82 Å².